The molecule has 0 unspecified atom stereocenters. The number of carboxylic acid groups (broad SMARTS) is 1. The fraction of sp³-hybridized carbons (Fsp3) is 0. The van der Waals surface area contributed by atoms with E-state index in [2.05, 4.69) is 0 Å². The highest BCUT2D eigenvalue weighted by Gasteiger charge is 2.17. The monoisotopic (exact) mass is 212 g/mol. The van der Waals surface area contributed by atoms with Crippen LogP contribution in [0.2, 0.25) is 0 Å². The SMILES string of the molecule is Cl.O=C(O)c1ccc(F)c(F)c1F. The van der Waals surface area contributed by atoms with Gasteiger partial charge in [0.2, 0.25) is 0 Å². The Morgan fingerprint density at radius 2 is 1.69 bits per heavy atom. The Morgan fingerprint density at radius 1 is 1.15 bits per heavy atom. The number of carbonyl (C=O) groups is 1. The zero-order chi connectivity index (χ0) is 9.30. The minimum Gasteiger partial charge on any atom is -0.478 e. The van der Waals surface area contributed by atoms with Crippen molar-refractivity contribution in [3.05, 3.63) is 35.1 Å². The summed E-state index contributed by atoms with van der Waals surface area (Å²) in [5.41, 5.74) is -0.881. The predicted molar refractivity (Wildman–Crippen MR) is 40.5 cm³/mol. The van der Waals surface area contributed by atoms with E-state index in [0.717, 1.165) is 0 Å². The van der Waals surface area contributed by atoms with Gasteiger partial charge in [0.05, 0.1) is 5.56 Å². The molecule has 0 amide bonds. The van der Waals surface area contributed by atoms with Gasteiger partial charge in [0.1, 0.15) is 0 Å². The lowest BCUT2D eigenvalue weighted by Gasteiger charge is -1.98. The van der Waals surface area contributed by atoms with Crippen LogP contribution in [0.25, 0.3) is 0 Å². The molecule has 0 atom stereocenters. The molecule has 0 aromatic heterocycles. The van der Waals surface area contributed by atoms with Gasteiger partial charge in [0.25, 0.3) is 0 Å². The van der Waals surface area contributed by atoms with Crippen molar-refractivity contribution >= 4 is 18.4 Å². The summed E-state index contributed by atoms with van der Waals surface area (Å²) in [6, 6.07) is 1.22. The Kier molecular flexibility index (Phi) is 3.74. The van der Waals surface area contributed by atoms with Crippen molar-refractivity contribution in [2.24, 2.45) is 0 Å². The van der Waals surface area contributed by atoms with E-state index in [-0.39, 0.29) is 12.4 Å². The summed E-state index contributed by atoms with van der Waals surface area (Å²) in [6.07, 6.45) is 0. The van der Waals surface area contributed by atoms with Crippen LogP contribution >= 0.6 is 12.4 Å². The summed E-state index contributed by atoms with van der Waals surface area (Å²) < 4.78 is 37.1. The van der Waals surface area contributed by atoms with Crippen LogP contribution < -0.4 is 0 Å². The van der Waals surface area contributed by atoms with Gasteiger partial charge in [0, 0.05) is 0 Å². The van der Waals surface area contributed by atoms with E-state index in [1.54, 1.807) is 0 Å². The summed E-state index contributed by atoms with van der Waals surface area (Å²) in [5, 5.41) is 8.25. The van der Waals surface area contributed by atoms with Gasteiger partial charge in [-0.15, -0.1) is 12.4 Å². The Balaban J connectivity index is 0.00000144. The van der Waals surface area contributed by atoms with Crippen LogP contribution in [0, 0.1) is 17.5 Å². The molecule has 1 N–H and O–H groups in total. The second-order valence-electron chi connectivity index (χ2n) is 2.03. The number of halogens is 4. The van der Waals surface area contributed by atoms with Crippen molar-refractivity contribution in [1.29, 1.82) is 0 Å². The second kappa shape index (κ2) is 4.13. The van der Waals surface area contributed by atoms with Crippen LogP contribution in [0.1, 0.15) is 10.4 Å². The first-order chi connectivity index (χ1) is 5.54. The fourth-order valence-corrected chi connectivity index (χ4v) is 0.691. The molecule has 0 aliphatic rings. The Labute approximate surface area is 77.4 Å². The van der Waals surface area contributed by atoms with Gasteiger partial charge in [-0.2, -0.15) is 0 Å². The molecule has 0 saturated carbocycles. The summed E-state index contributed by atoms with van der Waals surface area (Å²) in [6.45, 7) is 0. The lowest BCUT2D eigenvalue weighted by atomic mass is 10.2. The van der Waals surface area contributed by atoms with Crippen LogP contribution in [0.5, 0.6) is 0 Å². The first-order valence-electron chi connectivity index (χ1n) is 2.91. The van der Waals surface area contributed by atoms with Crippen LogP contribution in [0.15, 0.2) is 12.1 Å². The van der Waals surface area contributed by atoms with E-state index in [1.807, 2.05) is 0 Å². The highest BCUT2D eigenvalue weighted by molar-refractivity contribution is 5.87. The summed E-state index contributed by atoms with van der Waals surface area (Å²) in [5.74, 6) is -6.48. The lowest BCUT2D eigenvalue weighted by Crippen LogP contribution is -2.04. The number of hydrogen-bond acceptors (Lipinski definition) is 1. The molecule has 0 aliphatic heterocycles. The first-order valence-corrected chi connectivity index (χ1v) is 2.91. The van der Waals surface area contributed by atoms with Gasteiger partial charge in [-0.05, 0) is 12.1 Å². The molecule has 6 heteroatoms. The van der Waals surface area contributed by atoms with E-state index in [1.165, 1.54) is 0 Å². The van der Waals surface area contributed by atoms with Gasteiger partial charge in [-0.25, -0.2) is 18.0 Å². The maximum atomic E-state index is 12.5. The molecule has 0 heterocycles. The van der Waals surface area contributed by atoms with E-state index >= 15 is 0 Å². The van der Waals surface area contributed by atoms with Gasteiger partial charge in [-0.3, -0.25) is 0 Å². The summed E-state index contributed by atoms with van der Waals surface area (Å²) in [4.78, 5) is 10.2. The molecular formula is C7H4ClF3O2. The third-order valence-corrected chi connectivity index (χ3v) is 1.27. The third kappa shape index (κ3) is 2.12. The minimum atomic E-state index is -1.77. The van der Waals surface area contributed by atoms with Crippen LogP contribution in [-0.2, 0) is 0 Å². The molecule has 1 rings (SSSR count). The highest BCUT2D eigenvalue weighted by atomic mass is 35.5. The van der Waals surface area contributed by atoms with Gasteiger partial charge in [-0.1, -0.05) is 0 Å². The van der Waals surface area contributed by atoms with E-state index < -0.39 is 29.0 Å². The van der Waals surface area contributed by atoms with Gasteiger partial charge >= 0.3 is 5.97 Å². The lowest BCUT2D eigenvalue weighted by molar-refractivity contribution is 0.0690. The molecule has 2 nitrogen and oxygen atoms in total. The van der Waals surface area contributed by atoms with Crippen molar-refractivity contribution in [1.82, 2.24) is 0 Å². The molecule has 0 fully saturated rings. The number of aromatic carboxylic acids is 1. The van der Waals surface area contributed by atoms with Crippen LogP contribution in [0.4, 0.5) is 13.2 Å². The molecule has 1 aromatic carbocycles. The van der Waals surface area contributed by atoms with Crippen molar-refractivity contribution in [2.45, 2.75) is 0 Å². The minimum absolute atomic E-state index is 0. The average Bonchev–Trinajstić information content (AvgIpc) is 2.00. The predicted octanol–water partition coefficient (Wildman–Crippen LogP) is 2.22. The van der Waals surface area contributed by atoms with E-state index in [4.69, 9.17) is 5.11 Å². The van der Waals surface area contributed by atoms with Crippen molar-refractivity contribution in [3.63, 3.8) is 0 Å². The number of hydrogen-bond donors (Lipinski definition) is 1. The van der Waals surface area contributed by atoms with E-state index in [9.17, 15) is 18.0 Å². The number of rotatable bonds is 1. The average molecular weight is 213 g/mol. The maximum Gasteiger partial charge on any atom is 0.338 e. The molecule has 0 aliphatic carbocycles. The van der Waals surface area contributed by atoms with Crippen LogP contribution in [0.3, 0.4) is 0 Å². The normalized spacial score (nSPS) is 9.15. The smallest absolute Gasteiger partial charge is 0.338 e. The molecule has 1 aromatic rings. The number of benzene rings is 1. The fourth-order valence-electron chi connectivity index (χ4n) is 0.691. The van der Waals surface area contributed by atoms with Crippen LogP contribution in [-0.4, -0.2) is 11.1 Å². The van der Waals surface area contributed by atoms with Crippen molar-refractivity contribution in [2.75, 3.05) is 0 Å². The third-order valence-electron chi connectivity index (χ3n) is 1.27. The Morgan fingerprint density at radius 3 is 2.15 bits per heavy atom. The number of carboxylic acids is 1. The molecule has 0 radical (unpaired) electrons. The Bertz CT molecular complexity index is 341. The maximum absolute atomic E-state index is 12.5. The Hall–Kier alpha value is -1.23. The summed E-state index contributed by atoms with van der Waals surface area (Å²) >= 11 is 0. The zero-order valence-corrected chi connectivity index (χ0v) is 6.87. The molecule has 0 saturated heterocycles. The molecule has 72 valence electrons. The van der Waals surface area contributed by atoms with Gasteiger partial charge < -0.3 is 5.11 Å². The standard InChI is InChI=1S/C7H3F3O2.ClH/c8-4-2-1-3(7(11)12)5(9)6(4)10;/h1-2H,(H,11,12);1H. The molecule has 0 bridgehead atoms. The van der Waals surface area contributed by atoms with Crippen molar-refractivity contribution < 1.29 is 23.1 Å². The quantitative estimate of drug-likeness (QED) is 0.725. The highest BCUT2D eigenvalue weighted by Crippen LogP contribution is 2.14. The second-order valence-corrected chi connectivity index (χ2v) is 2.03. The molecular weight excluding hydrogens is 209 g/mol. The summed E-state index contributed by atoms with van der Waals surface area (Å²) in [7, 11) is 0. The zero-order valence-electron chi connectivity index (χ0n) is 6.05. The largest absolute Gasteiger partial charge is 0.478 e. The molecule has 13 heavy (non-hydrogen) atoms. The topological polar surface area (TPSA) is 37.3 Å². The van der Waals surface area contributed by atoms with Gasteiger partial charge in [0.15, 0.2) is 17.5 Å². The first kappa shape index (κ1) is 11.8. The van der Waals surface area contributed by atoms with E-state index in [0.29, 0.717) is 12.1 Å². The molecule has 0 spiro atoms. The van der Waals surface area contributed by atoms with Crippen molar-refractivity contribution in [3.8, 4) is 0 Å².